The molecule has 0 atom stereocenters. The van der Waals surface area contributed by atoms with Gasteiger partial charge in [-0.1, -0.05) is 0 Å². The van der Waals surface area contributed by atoms with Crippen molar-refractivity contribution in [3.8, 4) is 0 Å². The van der Waals surface area contributed by atoms with Crippen molar-refractivity contribution in [3.63, 3.8) is 0 Å². The lowest BCUT2D eigenvalue weighted by molar-refractivity contribution is 0.686. The van der Waals surface area contributed by atoms with Crippen LogP contribution >= 0.6 is 45.2 Å². The van der Waals surface area contributed by atoms with Gasteiger partial charge in [0.1, 0.15) is 0 Å². The Balaban J connectivity index is 3.14. The van der Waals surface area contributed by atoms with Crippen LogP contribution in [0.25, 0.3) is 0 Å². The van der Waals surface area contributed by atoms with Crippen molar-refractivity contribution >= 4 is 45.2 Å². The quantitative estimate of drug-likeness (QED) is 0.602. The molecule has 0 fully saturated rings. The normalized spacial score (nSPS) is 7.00. The molecule has 3 heteroatoms. The van der Waals surface area contributed by atoms with Crippen molar-refractivity contribution in [1.29, 1.82) is 0 Å². The van der Waals surface area contributed by atoms with E-state index in [0.717, 1.165) is 0 Å². The van der Waals surface area contributed by atoms with Crippen molar-refractivity contribution in [1.82, 2.24) is 0 Å². The molecule has 0 aliphatic rings. The second-order valence-corrected chi connectivity index (χ2v) is 4.58. The predicted octanol–water partition coefficient (Wildman–Crippen LogP) is 2.43. The van der Waals surface area contributed by atoms with E-state index in [9.17, 15) is 4.39 Å². The monoisotopic (exact) mass is 297 g/mol. The lowest BCUT2D eigenvalue weighted by Gasteiger charge is -1.62. The van der Waals surface area contributed by atoms with Crippen LogP contribution in [-0.4, -0.2) is 0 Å². The van der Waals surface area contributed by atoms with Crippen LogP contribution < -0.4 is 0 Å². The van der Waals surface area contributed by atoms with E-state index < -0.39 is 0 Å². The molecule has 0 spiro atoms. The fraction of sp³-hybridized carbons (Fsp3) is 0. The van der Waals surface area contributed by atoms with Crippen molar-refractivity contribution in [2.45, 2.75) is 0 Å². The Labute approximate surface area is 57.1 Å². The van der Waals surface area contributed by atoms with E-state index >= 15 is 0 Å². The Bertz CT molecular complexity index is 45.6. The minimum Gasteiger partial charge on any atom is -0.202 e. The van der Waals surface area contributed by atoms with Crippen LogP contribution in [0.5, 0.6) is 0 Å². The van der Waals surface area contributed by atoms with E-state index in [-0.39, 0.29) is 0 Å². The molecule has 0 saturated carbocycles. The molecule has 0 bridgehead atoms. The molecule has 1 radical (unpaired) electrons. The van der Waals surface area contributed by atoms with Crippen molar-refractivity contribution < 1.29 is 4.39 Å². The SMILES string of the molecule is F[C]=C(I)I. The van der Waals surface area contributed by atoms with Crippen LogP contribution in [0.4, 0.5) is 4.39 Å². The van der Waals surface area contributed by atoms with Crippen LogP contribution in [0, 0.1) is 6.33 Å². The largest absolute Gasteiger partial charge is 0.202 e. The van der Waals surface area contributed by atoms with Crippen LogP contribution in [0.3, 0.4) is 0 Å². The highest BCUT2D eigenvalue weighted by Crippen LogP contribution is 2.12. The molecule has 0 aliphatic carbocycles. The standard InChI is InChI=1S/C2FI2/c3-1-2(4)5. The topological polar surface area (TPSA) is 0 Å². The molecule has 0 aromatic carbocycles. The molecule has 0 unspecified atom stereocenters. The van der Waals surface area contributed by atoms with Gasteiger partial charge in [-0.05, 0) is 45.2 Å². The Morgan fingerprint density at radius 3 is 1.80 bits per heavy atom. The van der Waals surface area contributed by atoms with Gasteiger partial charge < -0.3 is 0 Å². The zero-order valence-electron chi connectivity index (χ0n) is 2.13. The van der Waals surface area contributed by atoms with Crippen molar-refractivity contribution in [2.75, 3.05) is 0 Å². The molecule has 0 heterocycles. The van der Waals surface area contributed by atoms with Crippen molar-refractivity contribution in [3.05, 3.63) is 7.92 Å². The number of hydrogen-bond donors (Lipinski definition) is 0. The van der Waals surface area contributed by atoms with Gasteiger partial charge in [-0.15, -0.1) is 0 Å². The summed E-state index contributed by atoms with van der Waals surface area (Å²) in [6.07, 6.45) is 1.42. The molecule has 0 aliphatic heterocycles. The first-order chi connectivity index (χ1) is 2.27. The number of halogens is 3. The third-order valence-electron chi connectivity index (χ3n) is 0.0714. The van der Waals surface area contributed by atoms with Crippen molar-refractivity contribution in [2.24, 2.45) is 0 Å². The summed E-state index contributed by atoms with van der Waals surface area (Å²) in [5.74, 6) is 0. The summed E-state index contributed by atoms with van der Waals surface area (Å²) in [5.41, 5.74) is 0. The zero-order valence-corrected chi connectivity index (χ0v) is 6.45. The molecule has 29 valence electrons. The van der Waals surface area contributed by atoms with Gasteiger partial charge in [-0.25, -0.2) is 4.39 Å². The molecule has 0 rings (SSSR count). The van der Waals surface area contributed by atoms with Gasteiger partial charge in [0.05, 0.1) is 1.59 Å². The second kappa shape index (κ2) is 3.32. The average molecular weight is 297 g/mol. The summed E-state index contributed by atoms with van der Waals surface area (Å²) in [5, 5.41) is 0. The second-order valence-electron chi connectivity index (χ2n) is 0.355. The maximum Gasteiger partial charge on any atom is 0.179 e. The molecule has 5 heavy (non-hydrogen) atoms. The number of hydrogen-bond acceptors (Lipinski definition) is 0. The Hall–Kier alpha value is 1.13. The van der Waals surface area contributed by atoms with Crippen LogP contribution in [0.15, 0.2) is 1.59 Å². The lowest BCUT2D eigenvalue weighted by Crippen LogP contribution is -1.33. The Kier molecular flexibility index (Phi) is 4.08. The third kappa shape index (κ3) is 5.13. The van der Waals surface area contributed by atoms with Gasteiger partial charge in [-0.3, -0.25) is 0 Å². The van der Waals surface area contributed by atoms with Gasteiger partial charge in [0.15, 0.2) is 6.33 Å². The highest BCUT2D eigenvalue weighted by Gasteiger charge is 1.72. The fourth-order valence-corrected chi connectivity index (χ4v) is 0. The van der Waals surface area contributed by atoms with Gasteiger partial charge in [0.2, 0.25) is 0 Å². The molecule has 0 nitrogen and oxygen atoms in total. The summed E-state index contributed by atoms with van der Waals surface area (Å²) >= 11 is 3.65. The summed E-state index contributed by atoms with van der Waals surface area (Å²) in [6.45, 7) is 0. The highest BCUT2D eigenvalue weighted by molar-refractivity contribution is 14.2. The van der Waals surface area contributed by atoms with Gasteiger partial charge in [-0.2, -0.15) is 0 Å². The minimum absolute atomic E-state index is 0.528. The minimum atomic E-state index is 0.528. The number of rotatable bonds is 0. The molecule has 0 N–H and O–H groups in total. The molecule has 0 aromatic rings. The van der Waals surface area contributed by atoms with Crippen LogP contribution in [0.2, 0.25) is 0 Å². The highest BCUT2D eigenvalue weighted by atomic mass is 127. The first-order valence-electron chi connectivity index (χ1n) is 0.817. The van der Waals surface area contributed by atoms with Gasteiger partial charge in [0, 0.05) is 0 Å². The fourth-order valence-electron chi connectivity index (χ4n) is 0. The Morgan fingerprint density at radius 1 is 1.60 bits per heavy atom. The molecular weight excluding hydrogens is 297 g/mol. The Morgan fingerprint density at radius 2 is 1.80 bits per heavy atom. The summed E-state index contributed by atoms with van der Waals surface area (Å²) in [7, 11) is 0. The van der Waals surface area contributed by atoms with Gasteiger partial charge in [0.25, 0.3) is 0 Å². The molecule has 0 aromatic heterocycles. The smallest absolute Gasteiger partial charge is 0.179 e. The van der Waals surface area contributed by atoms with E-state index in [0.29, 0.717) is 1.59 Å². The molecule has 0 amide bonds. The maximum absolute atomic E-state index is 10.8. The van der Waals surface area contributed by atoms with E-state index in [1.165, 1.54) is 6.33 Å². The first kappa shape index (κ1) is 6.13. The van der Waals surface area contributed by atoms with E-state index in [4.69, 9.17) is 0 Å². The van der Waals surface area contributed by atoms with E-state index in [1.807, 2.05) is 45.2 Å². The maximum atomic E-state index is 10.8. The summed E-state index contributed by atoms with van der Waals surface area (Å²) in [4.78, 5) is 0. The summed E-state index contributed by atoms with van der Waals surface area (Å²) in [6, 6.07) is 0. The third-order valence-corrected chi connectivity index (χ3v) is 0.479. The zero-order chi connectivity index (χ0) is 4.28. The predicted molar refractivity (Wildman–Crippen MR) is 35.9 cm³/mol. The van der Waals surface area contributed by atoms with E-state index in [2.05, 4.69) is 0 Å². The van der Waals surface area contributed by atoms with Crippen LogP contribution in [0.1, 0.15) is 0 Å². The van der Waals surface area contributed by atoms with E-state index in [1.54, 1.807) is 0 Å². The van der Waals surface area contributed by atoms with Gasteiger partial charge >= 0.3 is 0 Å². The molecule has 0 saturated heterocycles. The average Bonchev–Trinajstić information content (AvgIpc) is 1.38. The van der Waals surface area contributed by atoms with Crippen LogP contribution in [-0.2, 0) is 0 Å². The first-order valence-corrected chi connectivity index (χ1v) is 2.97. The lowest BCUT2D eigenvalue weighted by atomic mass is 11.2. The summed E-state index contributed by atoms with van der Waals surface area (Å²) < 4.78 is 11.3. The molecular formula is C2FI2.